The predicted octanol–water partition coefficient (Wildman–Crippen LogP) is 4.99. The molecule has 3 rings (SSSR count). The van der Waals surface area contributed by atoms with Crippen molar-refractivity contribution in [1.29, 1.82) is 0 Å². The van der Waals surface area contributed by atoms with Crippen molar-refractivity contribution in [2.45, 2.75) is 23.4 Å². The van der Waals surface area contributed by atoms with Crippen molar-refractivity contribution in [3.8, 4) is 5.69 Å². The Kier molecular flexibility index (Phi) is 6.20. The first kappa shape index (κ1) is 19.5. The van der Waals surface area contributed by atoms with Crippen LogP contribution < -0.4 is 5.32 Å². The molecule has 1 aromatic heterocycles. The normalized spacial score (nSPS) is 11.8. The number of para-hydroxylation sites is 1. The zero-order chi connectivity index (χ0) is 19.4. The molecule has 0 radical (unpaired) electrons. The molecule has 0 unspecified atom stereocenters. The van der Waals surface area contributed by atoms with Gasteiger partial charge in [-0.15, -0.1) is 5.10 Å². The first-order chi connectivity index (χ1) is 12.9. The van der Waals surface area contributed by atoms with E-state index in [0.717, 1.165) is 10.0 Å². The molecule has 0 saturated carbocycles. The summed E-state index contributed by atoms with van der Waals surface area (Å²) >= 11 is 8.11. The zero-order valence-electron chi connectivity index (χ0n) is 14.7. The van der Waals surface area contributed by atoms with E-state index in [9.17, 15) is 9.59 Å². The summed E-state index contributed by atoms with van der Waals surface area (Å²) in [5.41, 5.74) is 2.05. The molecule has 0 aliphatic rings. The molecule has 2 aromatic carbocycles. The van der Waals surface area contributed by atoms with E-state index in [-0.39, 0.29) is 16.9 Å². The Morgan fingerprint density at radius 3 is 2.63 bits per heavy atom. The summed E-state index contributed by atoms with van der Waals surface area (Å²) in [5, 5.41) is 6.99. The Balaban J connectivity index is 1.69. The van der Waals surface area contributed by atoms with Crippen LogP contribution in [0.5, 0.6) is 0 Å². The maximum Gasteiger partial charge on any atom is 0.237 e. The predicted molar refractivity (Wildman–Crippen MR) is 113 cm³/mol. The third-order valence-corrected chi connectivity index (χ3v) is 6.13. The molecule has 0 aliphatic heterocycles. The number of benzene rings is 2. The molecule has 138 valence electrons. The number of anilines is 1. The Labute approximate surface area is 170 Å². The van der Waals surface area contributed by atoms with E-state index in [2.05, 4.69) is 10.4 Å². The van der Waals surface area contributed by atoms with Crippen LogP contribution in [-0.4, -0.2) is 26.7 Å². The summed E-state index contributed by atoms with van der Waals surface area (Å²) in [4.78, 5) is 24.0. The molecule has 1 amide bonds. The van der Waals surface area contributed by atoms with Crippen LogP contribution in [-0.2, 0) is 4.79 Å². The summed E-state index contributed by atoms with van der Waals surface area (Å²) < 4.78 is 3.05. The number of hydrogen-bond acceptors (Lipinski definition) is 6. The van der Waals surface area contributed by atoms with Crippen LogP contribution in [0.3, 0.4) is 0 Å². The van der Waals surface area contributed by atoms with Gasteiger partial charge >= 0.3 is 0 Å². The van der Waals surface area contributed by atoms with E-state index in [1.165, 1.54) is 30.0 Å². The van der Waals surface area contributed by atoms with Gasteiger partial charge in [-0.25, -0.2) is 4.68 Å². The average molecular weight is 416 g/mol. The van der Waals surface area contributed by atoms with Crippen molar-refractivity contribution in [2.75, 3.05) is 5.32 Å². The second-order valence-corrected chi connectivity index (χ2v) is 8.98. The number of carbonyl (C=O) groups is 2. The molecule has 1 heterocycles. The van der Waals surface area contributed by atoms with Gasteiger partial charge in [0.25, 0.3) is 0 Å². The highest BCUT2D eigenvalue weighted by molar-refractivity contribution is 8.02. The van der Waals surface area contributed by atoms with Gasteiger partial charge in [-0.3, -0.25) is 9.59 Å². The van der Waals surface area contributed by atoms with Gasteiger partial charge in [0.2, 0.25) is 5.91 Å². The maximum absolute atomic E-state index is 12.5. The molecule has 27 heavy (non-hydrogen) atoms. The highest BCUT2D eigenvalue weighted by atomic mass is 32.2. The largest absolute Gasteiger partial charge is 0.325 e. The highest BCUT2D eigenvalue weighted by Gasteiger charge is 2.18. The minimum atomic E-state index is -0.365. The van der Waals surface area contributed by atoms with Gasteiger partial charge < -0.3 is 5.32 Å². The molecule has 0 bridgehead atoms. The number of hydrogen-bond donors (Lipinski definition) is 1. The molecule has 0 saturated heterocycles. The number of aromatic nitrogens is 2. The molecule has 5 nitrogen and oxygen atoms in total. The van der Waals surface area contributed by atoms with E-state index in [0.29, 0.717) is 15.2 Å². The first-order valence-electron chi connectivity index (χ1n) is 8.18. The summed E-state index contributed by atoms with van der Waals surface area (Å²) in [7, 11) is 0. The van der Waals surface area contributed by atoms with E-state index in [1.54, 1.807) is 28.9 Å². The Morgan fingerprint density at radius 2 is 1.93 bits per heavy atom. The van der Waals surface area contributed by atoms with Gasteiger partial charge in [-0.05, 0) is 50.3 Å². The lowest BCUT2D eigenvalue weighted by molar-refractivity contribution is -0.115. The monoisotopic (exact) mass is 415 g/mol. The number of nitrogens with zero attached hydrogens (tertiary/aromatic N) is 2. The summed E-state index contributed by atoms with van der Waals surface area (Å²) in [6, 6.07) is 16.5. The van der Waals surface area contributed by atoms with Gasteiger partial charge in [-0.1, -0.05) is 53.4 Å². The third kappa shape index (κ3) is 4.91. The van der Waals surface area contributed by atoms with E-state index in [1.807, 2.05) is 37.3 Å². The van der Waals surface area contributed by atoms with Crippen LogP contribution in [0.1, 0.15) is 24.2 Å². The van der Waals surface area contributed by atoms with E-state index < -0.39 is 0 Å². The van der Waals surface area contributed by atoms with Gasteiger partial charge in [-0.2, -0.15) is 0 Å². The van der Waals surface area contributed by atoms with Gasteiger partial charge in [0.1, 0.15) is 0 Å². The van der Waals surface area contributed by atoms with Crippen LogP contribution in [0.25, 0.3) is 5.69 Å². The molecule has 1 N–H and O–H groups in total. The molecule has 0 spiro atoms. The SMILES string of the molecule is CC(=O)c1cccc(NC(=O)[C@@H](C)Sc2nn(-c3ccccc3)c(=S)s2)c1. The molecule has 8 heteroatoms. The van der Waals surface area contributed by atoms with Crippen molar-refractivity contribution in [1.82, 2.24) is 9.78 Å². The molecular formula is C19H17N3O2S3. The maximum atomic E-state index is 12.5. The topological polar surface area (TPSA) is 64.0 Å². The lowest BCUT2D eigenvalue weighted by atomic mass is 10.1. The van der Waals surface area contributed by atoms with Crippen LogP contribution in [0.4, 0.5) is 5.69 Å². The Hall–Kier alpha value is -2.29. The molecule has 0 aliphatic carbocycles. The van der Waals surface area contributed by atoms with Crippen molar-refractivity contribution < 1.29 is 9.59 Å². The van der Waals surface area contributed by atoms with Crippen molar-refractivity contribution in [2.24, 2.45) is 0 Å². The fourth-order valence-corrected chi connectivity index (χ4v) is 4.81. The number of ketones is 1. The zero-order valence-corrected chi connectivity index (χ0v) is 17.2. The Morgan fingerprint density at radius 1 is 1.19 bits per heavy atom. The number of thioether (sulfide) groups is 1. The van der Waals surface area contributed by atoms with Crippen molar-refractivity contribution in [3.05, 3.63) is 64.1 Å². The fourth-order valence-electron chi connectivity index (χ4n) is 2.31. The van der Waals surface area contributed by atoms with E-state index >= 15 is 0 Å². The van der Waals surface area contributed by atoms with Gasteiger partial charge in [0.05, 0.1) is 10.9 Å². The lowest BCUT2D eigenvalue weighted by Gasteiger charge is -2.11. The standard InChI is InChI=1S/C19H17N3O2S3/c1-12(23)14-7-6-8-15(11-14)20-17(24)13(2)26-18-21-22(19(25)27-18)16-9-4-3-5-10-16/h3-11,13H,1-2H3,(H,20,24)/t13-/m1/s1. The van der Waals surface area contributed by atoms with Crippen LogP contribution in [0.15, 0.2) is 58.9 Å². The van der Waals surface area contributed by atoms with Gasteiger partial charge in [0.15, 0.2) is 14.1 Å². The second-order valence-electron chi connectivity index (χ2n) is 5.77. The highest BCUT2D eigenvalue weighted by Crippen LogP contribution is 2.28. The van der Waals surface area contributed by atoms with Crippen LogP contribution >= 0.6 is 35.3 Å². The molecule has 1 atom stereocenters. The summed E-state index contributed by atoms with van der Waals surface area (Å²) in [5.74, 6) is -0.201. The van der Waals surface area contributed by atoms with E-state index in [4.69, 9.17) is 12.2 Å². The van der Waals surface area contributed by atoms with Crippen molar-refractivity contribution in [3.63, 3.8) is 0 Å². The lowest BCUT2D eigenvalue weighted by Crippen LogP contribution is -2.22. The van der Waals surface area contributed by atoms with Crippen LogP contribution in [0, 0.1) is 3.95 Å². The summed E-state index contributed by atoms with van der Waals surface area (Å²) in [6.07, 6.45) is 0. The second kappa shape index (κ2) is 8.60. The minimum Gasteiger partial charge on any atom is -0.325 e. The molecule has 0 fully saturated rings. The third-order valence-electron chi connectivity index (χ3n) is 3.71. The number of Topliss-reactive ketones (excluding diaryl/α,β-unsaturated/α-hetero) is 1. The minimum absolute atomic E-state index is 0.0419. The quantitative estimate of drug-likeness (QED) is 0.349. The number of carbonyl (C=O) groups excluding carboxylic acids is 2. The Bertz CT molecular complexity index is 1030. The smallest absolute Gasteiger partial charge is 0.237 e. The first-order valence-corrected chi connectivity index (χ1v) is 10.3. The number of nitrogens with one attached hydrogen (secondary N) is 1. The molecular weight excluding hydrogens is 398 g/mol. The number of amides is 1. The van der Waals surface area contributed by atoms with Crippen molar-refractivity contribution >= 4 is 52.7 Å². The average Bonchev–Trinajstić information content (AvgIpc) is 3.02. The number of rotatable bonds is 6. The summed E-state index contributed by atoms with van der Waals surface area (Å²) in [6.45, 7) is 3.31. The molecule has 3 aromatic rings. The fraction of sp³-hybridized carbons (Fsp3) is 0.158. The van der Waals surface area contributed by atoms with Crippen LogP contribution in [0.2, 0.25) is 0 Å². The van der Waals surface area contributed by atoms with Gasteiger partial charge in [0, 0.05) is 11.3 Å².